The first kappa shape index (κ1) is 19.6. The number of thiazole rings is 1. The molecule has 0 aliphatic rings. The summed E-state index contributed by atoms with van der Waals surface area (Å²) in [5, 5.41) is 0.443. The summed E-state index contributed by atoms with van der Waals surface area (Å²) in [5.41, 5.74) is 3.48. The zero-order valence-electron chi connectivity index (χ0n) is 18.1. The molecule has 4 heteroatoms. The lowest BCUT2D eigenvalue weighted by molar-refractivity contribution is 1.05. The van der Waals surface area contributed by atoms with Crippen LogP contribution in [0.5, 0.6) is 0 Å². The minimum Gasteiger partial charge on any atom is -0.283 e. The standard InChI is InChI=1S/C28H24N2S2/c1-20(2)32(21-11-5-3-6-12-21,22-13-7-4-8-14-22)23-17-18-27-26(19-23)30-25-16-10-9-15-24(25)29-28(30)31-27/h3-20H,1-2H3. The third-order valence-corrected chi connectivity index (χ3v) is 11.7. The van der Waals surface area contributed by atoms with Gasteiger partial charge >= 0.3 is 0 Å². The summed E-state index contributed by atoms with van der Waals surface area (Å²) in [5.74, 6) is 0. The van der Waals surface area contributed by atoms with E-state index in [-0.39, 0.29) is 0 Å². The van der Waals surface area contributed by atoms with Crippen molar-refractivity contribution < 1.29 is 0 Å². The molecule has 4 aromatic carbocycles. The van der Waals surface area contributed by atoms with Crippen molar-refractivity contribution in [2.24, 2.45) is 0 Å². The Kier molecular flexibility index (Phi) is 4.60. The summed E-state index contributed by atoms with van der Waals surface area (Å²) in [6.45, 7) is 4.74. The number of hydrogen-bond donors (Lipinski definition) is 0. The first-order chi connectivity index (χ1) is 15.7. The van der Waals surface area contributed by atoms with Gasteiger partial charge in [0.05, 0.1) is 21.3 Å². The molecule has 0 N–H and O–H groups in total. The van der Waals surface area contributed by atoms with Crippen LogP contribution in [-0.4, -0.2) is 14.6 Å². The maximum absolute atomic E-state index is 4.88. The SMILES string of the molecule is CC(C)S(c1ccccc1)(c1ccccc1)c1ccc2sc3nc4ccccc4n3c2c1. The zero-order chi connectivity index (χ0) is 21.7. The van der Waals surface area contributed by atoms with Gasteiger partial charge in [-0.05, 0) is 69.6 Å². The maximum Gasteiger partial charge on any atom is 0.195 e. The zero-order valence-corrected chi connectivity index (χ0v) is 19.7. The van der Waals surface area contributed by atoms with Gasteiger partial charge in [-0.25, -0.2) is 4.98 Å². The first-order valence-electron chi connectivity index (χ1n) is 10.9. The van der Waals surface area contributed by atoms with Crippen LogP contribution >= 0.6 is 21.4 Å². The van der Waals surface area contributed by atoms with E-state index in [9.17, 15) is 0 Å². The molecule has 0 aliphatic carbocycles. The maximum atomic E-state index is 4.88. The molecular weight excluding hydrogens is 428 g/mol. The number of rotatable bonds is 4. The highest BCUT2D eigenvalue weighted by Crippen LogP contribution is 2.71. The number of imidazole rings is 1. The van der Waals surface area contributed by atoms with Gasteiger partial charge in [0, 0.05) is 4.90 Å². The van der Waals surface area contributed by atoms with Crippen LogP contribution < -0.4 is 0 Å². The fraction of sp³-hybridized carbons (Fsp3) is 0.107. The van der Waals surface area contributed by atoms with Crippen LogP contribution in [0.15, 0.2) is 118 Å². The predicted molar refractivity (Wildman–Crippen MR) is 138 cm³/mol. The minimum atomic E-state index is -1.45. The Balaban J connectivity index is 1.72. The average Bonchev–Trinajstić information content (AvgIpc) is 3.36. The van der Waals surface area contributed by atoms with Crippen molar-refractivity contribution >= 4 is 47.6 Å². The van der Waals surface area contributed by atoms with E-state index >= 15 is 0 Å². The van der Waals surface area contributed by atoms with Gasteiger partial charge < -0.3 is 0 Å². The molecule has 0 fully saturated rings. The molecular formula is C28H24N2S2. The van der Waals surface area contributed by atoms with Gasteiger partial charge in [-0.15, -0.1) is 0 Å². The second-order valence-electron chi connectivity index (χ2n) is 8.28. The molecule has 0 unspecified atom stereocenters. The van der Waals surface area contributed by atoms with Gasteiger partial charge in [0.1, 0.15) is 0 Å². The first-order valence-corrected chi connectivity index (χ1v) is 13.4. The molecule has 0 saturated heterocycles. The second kappa shape index (κ2) is 7.51. The fourth-order valence-corrected chi connectivity index (χ4v) is 10.1. The molecule has 0 atom stereocenters. The molecule has 6 rings (SSSR count). The monoisotopic (exact) mass is 452 g/mol. The molecule has 0 amide bonds. The Morgan fingerprint density at radius 2 is 1.31 bits per heavy atom. The van der Waals surface area contributed by atoms with Crippen molar-refractivity contribution in [2.45, 2.75) is 33.8 Å². The molecule has 6 aromatic rings. The Morgan fingerprint density at radius 1 is 0.688 bits per heavy atom. The molecule has 0 spiro atoms. The highest BCUT2D eigenvalue weighted by molar-refractivity contribution is 8.34. The summed E-state index contributed by atoms with van der Waals surface area (Å²) in [6, 6.07) is 37.7. The number of aromatic nitrogens is 2. The molecule has 158 valence electrons. The second-order valence-corrected chi connectivity index (χ2v) is 13.0. The highest BCUT2D eigenvalue weighted by Gasteiger charge is 2.34. The van der Waals surface area contributed by atoms with E-state index in [4.69, 9.17) is 4.98 Å². The van der Waals surface area contributed by atoms with Crippen LogP contribution in [0.25, 0.3) is 26.2 Å². The quantitative estimate of drug-likeness (QED) is 0.262. The van der Waals surface area contributed by atoms with Crippen LogP contribution in [0, 0.1) is 0 Å². The molecule has 0 aliphatic heterocycles. The van der Waals surface area contributed by atoms with E-state index in [0.29, 0.717) is 5.25 Å². The van der Waals surface area contributed by atoms with E-state index in [1.165, 1.54) is 30.4 Å². The van der Waals surface area contributed by atoms with E-state index in [1.54, 1.807) is 11.3 Å². The Morgan fingerprint density at radius 3 is 1.97 bits per heavy atom. The van der Waals surface area contributed by atoms with Gasteiger partial charge in [0.25, 0.3) is 0 Å². The van der Waals surface area contributed by atoms with E-state index < -0.39 is 10.0 Å². The number of hydrogen-bond acceptors (Lipinski definition) is 2. The summed E-state index contributed by atoms with van der Waals surface area (Å²) in [7, 11) is -1.45. The van der Waals surface area contributed by atoms with Crippen LogP contribution in [0.4, 0.5) is 0 Å². The predicted octanol–water partition coefficient (Wildman–Crippen LogP) is 8.39. The van der Waals surface area contributed by atoms with E-state index in [2.05, 4.69) is 121 Å². The summed E-state index contributed by atoms with van der Waals surface area (Å²) >= 11 is 1.77. The van der Waals surface area contributed by atoms with E-state index in [0.717, 1.165) is 10.5 Å². The summed E-state index contributed by atoms with van der Waals surface area (Å²) in [4.78, 5) is 10.2. The van der Waals surface area contributed by atoms with Crippen LogP contribution in [0.1, 0.15) is 13.8 Å². The Labute approximate surface area is 193 Å². The smallest absolute Gasteiger partial charge is 0.195 e. The van der Waals surface area contributed by atoms with Crippen molar-refractivity contribution in [1.82, 2.24) is 9.38 Å². The molecule has 2 aromatic heterocycles. The normalized spacial score (nSPS) is 12.8. The van der Waals surface area contributed by atoms with Gasteiger partial charge in [0.2, 0.25) is 0 Å². The number of benzene rings is 4. The lowest BCUT2D eigenvalue weighted by Crippen LogP contribution is -2.14. The average molecular weight is 453 g/mol. The van der Waals surface area contributed by atoms with Gasteiger partial charge in [-0.3, -0.25) is 4.40 Å². The largest absolute Gasteiger partial charge is 0.283 e. The van der Waals surface area contributed by atoms with Crippen molar-refractivity contribution in [2.75, 3.05) is 0 Å². The lowest BCUT2D eigenvalue weighted by atomic mass is 10.3. The van der Waals surface area contributed by atoms with E-state index in [1.807, 2.05) is 0 Å². The Bertz CT molecular complexity index is 1510. The van der Waals surface area contributed by atoms with Crippen molar-refractivity contribution in [1.29, 1.82) is 0 Å². The fourth-order valence-electron chi connectivity index (χ4n) is 4.86. The topological polar surface area (TPSA) is 17.3 Å². The minimum absolute atomic E-state index is 0.443. The third kappa shape index (κ3) is 2.76. The molecule has 2 heterocycles. The Hall–Kier alpha value is -3.08. The van der Waals surface area contributed by atoms with Gasteiger partial charge in [-0.2, -0.15) is 10.0 Å². The van der Waals surface area contributed by atoms with Crippen molar-refractivity contribution in [3.05, 3.63) is 103 Å². The molecule has 2 nitrogen and oxygen atoms in total. The third-order valence-electron chi connectivity index (χ3n) is 6.21. The van der Waals surface area contributed by atoms with Crippen LogP contribution in [0.3, 0.4) is 0 Å². The number of nitrogens with zero attached hydrogens (tertiary/aromatic N) is 2. The molecule has 0 bridgehead atoms. The summed E-state index contributed by atoms with van der Waals surface area (Å²) < 4.78 is 3.61. The van der Waals surface area contributed by atoms with Crippen LogP contribution in [-0.2, 0) is 0 Å². The highest BCUT2D eigenvalue weighted by atomic mass is 32.3. The molecule has 0 saturated carbocycles. The van der Waals surface area contributed by atoms with Crippen molar-refractivity contribution in [3.63, 3.8) is 0 Å². The van der Waals surface area contributed by atoms with Gasteiger partial charge in [0.15, 0.2) is 4.96 Å². The summed E-state index contributed by atoms with van der Waals surface area (Å²) in [6.07, 6.45) is 0. The van der Waals surface area contributed by atoms with Gasteiger partial charge in [-0.1, -0.05) is 73.7 Å². The number of fused-ring (bicyclic) bond motifs is 5. The number of para-hydroxylation sites is 2. The molecule has 0 radical (unpaired) electrons. The van der Waals surface area contributed by atoms with Crippen LogP contribution in [0.2, 0.25) is 0 Å². The molecule has 32 heavy (non-hydrogen) atoms. The van der Waals surface area contributed by atoms with Crippen molar-refractivity contribution in [3.8, 4) is 0 Å². The lowest BCUT2D eigenvalue weighted by Gasteiger charge is -2.45.